The minimum Gasteiger partial charge on any atom is -0.447 e. The van der Waals surface area contributed by atoms with Crippen LogP contribution in [0.15, 0.2) is 6.33 Å². The molecule has 3 aliphatic heterocycles. The van der Waals surface area contributed by atoms with Crippen LogP contribution in [0.25, 0.3) is 11.2 Å². The molecule has 6 N–H and O–H groups in total. The number of aliphatic hydroxyl groups excluding tert-OH is 2. The van der Waals surface area contributed by atoms with E-state index in [1.807, 2.05) is 0 Å². The molecule has 218 valence electrons. The molecule has 3 amide bonds. The SMILES string of the molecule is Nc1nc(C#CCC2CCN(C(=O)OCC3CC(=O)N3)CC2)nc2c1ncn2[C@@H]1O[C@H](C(=O)NC2CC2)[C@@H](O)[C@H]1O. The first-order chi connectivity index (χ1) is 19.8. The highest BCUT2D eigenvalue weighted by molar-refractivity contribution is 5.84. The molecule has 2 aromatic heterocycles. The molecule has 1 aliphatic carbocycles. The molecule has 4 fully saturated rings. The van der Waals surface area contributed by atoms with Crippen LogP contribution in [0.4, 0.5) is 10.6 Å². The number of imidazole rings is 1. The summed E-state index contributed by atoms with van der Waals surface area (Å²) in [5.74, 6) is 6.08. The molecule has 15 heteroatoms. The Morgan fingerprint density at radius 1 is 1.20 bits per heavy atom. The topological polar surface area (TPSA) is 207 Å². The van der Waals surface area contributed by atoms with Crippen LogP contribution in [0.2, 0.25) is 0 Å². The van der Waals surface area contributed by atoms with E-state index in [0.29, 0.717) is 25.9 Å². The number of ether oxygens (including phenoxy) is 2. The van der Waals surface area contributed by atoms with Crippen LogP contribution in [0, 0.1) is 17.8 Å². The normalized spacial score (nSPS) is 28.0. The van der Waals surface area contributed by atoms with Crippen molar-refractivity contribution >= 4 is 34.9 Å². The molecule has 15 nitrogen and oxygen atoms in total. The number of anilines is 1. The number of β-lactam (4-membered cyclic amide) rings is 1. The lowest BCUT2D eigenvalue weighted by atomic mass is 9.94. The fraction of sp³-hybridized carbons (Fsp3) is 0.615. The van der Waals surface area contributed by atoms with Gasteiger partial charge in [0.2, 0.25) is 11.7 Å². The second kappa shape index (κ2) is 11.1. The van der Waals surface area contributed by atoms with Crippen molar-refractivity contribution in [3.8, 4) is 11.8 Å². The van der Waals surface area contributed by atoms with E-state index in [1.54, 1.807) is 4.90 Å². The number of fused-ring (bicyclic) bond motifs is 1. The van der Waals surface area contributed by atoms with Gasteiger partial charge in [0.25, 0.3) is 5.91 Å². The fourth-order valence-electron chi connectivity index (χ4n) is 5.19. The van der Waals surface area contributed by atoms with Crippen LogP contribution in [0.5, 0.6) is 0 Å². The van der Waals surface area contributed by atoms with Gasteiger partial charge in [-0.2, -0.15) is 0 Å². The number of hydrogen-bond donors (Lipinski definition) is 5. The maximum Gasteiger partial charge on any atom is 0.409 e. The Kier molecular flexibility index (Phi) is 7.37. The number of rotatable bonds is 6. The largest absolute Gasteiger partial charge is 0.447 e. The third-order valence-electron chi connectivity index (χ3n) is 7.81. The van der Waals surface area contributed by atoms with Crippen molar-refractivity contribution in [2.24, 2.45) is 5.92 Å². The molecule has 0 bridgehead atoms. The van der Waals surface area contributed by atoms with Gasteiger partial charge in [0, 0.05) is 25.6 Å². The van der Waals surface area contributed by atoms with Gasteiger partial charge in [-0.1, -0.05) is 5.92 Å². The zero-order valence-corrected chi connectivity index (χ0v) is 22.2. The first-order valence-electron chi connectivity index (χ1n) is 13.8. The molecular formula is C26H32N8O7. The molecule has 2 aromatic rings. The molecule has 41 heavy (non-hydrogen) atoms. The van der Waals surface area contributed by atoms with Crippen LogP contribution >= 0.6 is 0 Å². The van der Waals surface area contributed by atoms with Gasteiger partial charge in [0.05, 0.1) is 18.8 Å². The number of nitrogens with one attached hydrogen (secondary N) is 2. The van der Waals surface area contributed by atoms with Gasteiger partial charge in [-0.3, -0.25) is 14.2 Å². The van der Waals surface area contributed by atoms with Crippen molar-refractivity contribution in [1.82, 2.24) is 35.1 Å². The highest BCUT2D eigenvalue weighted by atomic mass is 16.6. The minimum atomic E-state index is -1.42. The Bertz CT molecular complexity index is 1400. The van der Waals surface area contributed by atoms with Crippen LogP contribution in [0.1, 0.15) is 50.6 Å². The van der Waals surface area contributed by atoms with E-state index in [2.05, 4.69) is 37.4 Å². The van der Waals surface area contributed by atoms with Crippen LogP contribution < -0.4 is 16.4 Å². The summed E-state index contributed by atoms with van der Waals surface area (Å²) < 4.78 is 12.5. The molecule has 4 aliphatic rings. The van der Waals surface area contributed by atoms with Gasteiger partial charge in [-0.05, 0) is 37.5 Å². The predicted molar refractivity (Wildman–Crippen MR) is 141 cm³/mol. The Morgan fingerprint density at radius 3 is 2.66 bits per heavy atom. The molecule has 6 rings (SSSR count). The second-order valence-electron chi connectivity index (χ2n) is 10.9. The van der Waals surface area contributed by atoms with E-state index in [4.69, 9.17) is 15.2 Å². The lowest BCUT2D eigenvalue weighted by Crippen LogP contribution is -2.52. The third-order valence-corrected chi connectivity index (χ3v) is 7.81. The van der Waals surface area contributed by atoms with E-state index in [9.17, 15) is 24.6 Å². The Hall–Kier alpha value is -4.00. The standard InChI is InChI=1S/C26H32N8O7/c27-22-18-23(34(12-28-18)25-20(37)19(36)21(41-25)24(38)30-14-4-5-14)32-16(31-22)3-1-2-13-6-8-33(9-7-13)26(39)40-11-15-10-17(35)29-15/h12-15,19-21,25,36-37H,2,4-11H2,(H,29,35)(H,30,38)(H2,27,31,32)/t15?,19-,20+,21-,25+/m0/s1. The number of aliphatic hydroxyl groups is 2. The molecule has 0 radical (unpaired) electrons. The maximum absolute atomic E-state index is 12.5. The monoisotopic (exact) mass is 568 g/mol. The third kappa shape index (κ3) is 5.76. The van der Waals surface area contributed by atoms with Gasteiger partial charge in [0.15, 0.2) is 23.8 Å². The fourth-order valence-corrected chi connectivity index (χ4v) is 5.19. The highest BCUT2D eigenvalue weighted by Gasteiger charge is 2.48. The van der Waals surface area contributed by atoms with E-state index in [-0.39, 0.29) is 59.4 Å². The Morgan fingerprint density at radius 2 is 1.95 bits per heavy atom. The van der Waals surface area contributed by atoms with Gasteiger partial charge >= 0.3 is 6.09 Å². The van der Waals surface area contributed by atoms with E-state index in [1.165, 1.54) is 10.9 Å². The Balaban J connectivity index is 1.06. The zero-order chi connectivity index (χ0) is 28.7. The first kappa shape index (κ1) is 27.2. The summed E-state index contributed by atoms with van der Waals surface area (Å²) in [6.07, 6.45) is 0.106. The summed E-state index contributed by atoms with van der Waals surface area (Å²) in [7, 11) is 0. The van der Waals surface area contributed by atoms with Crippen molar-refractivity contribution in [3.05, 3.63) is 12.2 Å². The summed E-state index contributed by atoms with van der Waals surface area (Å²) in [4.78, 5) is 50.3. The van der Waals surface area contributed by atoms with Crippen LogP contribution in [0.3, 0.4) is 0 Å². The summed E-state index contributed by atoms with van der Waals surface area (Å²) in [5, 5.41) is 26.6. The number of nitrogen functional groups attached to an aromatic ring is 1. The van der Waals surface area contributed by atoms with Gasteiger partial charge in [-0.25, -0.2) is 19.7 Å². The molecule has 5 heterocycles. The predicted octanol–water partition coefficient (Wildman–Crippen LogP) is -1.21. The molecule has 0 aromatic carbocycles. The van der Waals surface area contributed by atoms with E-state index in [0.717, 1.165) is 25.7 Å². The lowest BCUT2D eigenvalue weighted by molar-refractivity contribution is -0.137. The number of likely N-dealkylation sites (tertiary alicyclic amines) is 1. The molecule has 1 saturated carbocycles. The van der Waals surface area contributed by atoms with Crippen molar-refractivity contribution in [2.45, 2.75) is 75.1 Å². The quantitative estimate of drug-likeness (QED) is 0.206. The number of nitrogens with zero attached hydrogens (tertiary/aromatic N) is 5. The van der Waals surface area contributed by atoms with Crippen LogP contribution in [-0.4, -0.2) is 103 Å². The van der Waals surface area contributed by atoms with Gasteiger partial charge in [0.1, 0.15) is 24.3 Å². The van der Waals surface area contributed by atoms with E-state index >= 15 is 0 Å². The van der Waals surface area contributed by atoms with Crippen molar-refractivity contribution in [1.29, 1.82) is 0 Å². The summed E-state index contributed by atoms with van der Waals surface area (Å²) in [6, 6.07) is -0.0131. The van der Waals surface area contributed by atoms with Gasteiger partial charge < -0.3 is 41.0 Å². The molecule has 3 saturated heterocycles. The number of amides is 3. The number of carbonyl (C=O) groups is 3. The van der Waals surface area contributed by atoms with Crippen molar-refractivity contribution in [2.75, 3.05) is 25.4 Å². The lowest BCUT2D eigenvalue weighted by Gasteiger charge is -2.32. The average molecular weight is 569 g/mol. The maximum atomic E-state index is 12.5. The van der Waals surface area contributed by atoms with Crippen molar-refractivity contribution in [3.63, 3.8) is 0 Å². The van der Waals surface area contributed by atoms with Crippen LogP contribution in [-0.2, 0) is 19.1 Å². The summed E-state index contributed by atoms with van der Waals surface area (Å²) in [6.45, 7) is 1.31. The first-order valence-corrected chi connectivity index (χ1v) is 13.8. The number of aromatic nitrogens is 4. The Labute approximate surface area is 234 Å². The zero-order valence-electron chi connectivity index (χ0n) is 22.2. The number of nitrogens with two attached hydrogens (primary N) is 1. The summed E-state index contributed by atoms with van der Waals surface area (Å²) >= 11 is 0. The second-order valence-corrected chi connectivity index (χ2v) is 10.9. The molecular weight excluding hydrogens is 536 g/mol. The molecule has 1 unspecified atom stereocenters. The smallest absolute Gasteiger partial charge is 0.409 e. The minimum absolute atomic E-state index is 0.0314. The summed E-state index contributed by atoms with van der Waals surface area (Å²) in [5.41, 5.74) is 6.65. The highest BCUT2D eigenvalue weighted by Crippen LogP contribution is 2.33. The average Bonchev–Trinajstić information content (AvgIpc) is 3.57. The number of hydrogen-bond acceptors (Lipinski definition) is 11. The van der Waals surface area contributed by atoms with Gasteiger partial charge in [-0.15, -0.1) is 0 Å². The van der Waals surface area contributed by atoms with Crippen molar-refractivity contribution < 1.29 is 34.1 Å². The molecule has 0 spiro atoms. The number of carbonyl (C=O) groups excluding carboxylic acids is 3. The van der Waals surface area contributed by atoms with E-state index < -0.39 is 30.4 Å². The number of piperidine rings is 1. The molecule has 5 atom stereocenters.